The Morgan fingerprint density at radius 1 is 1.40 bits per heavy atom. The largest absolute Gasteiger partial charge is 0.481 e. The van der Waals surface area contributed by atoms with Crippen molar-refractivity contribution < 1.29 is 14.7 Å². The second-order valence-electron chi connectivity index (χ2n) is 5.58. The molecule has 0 radical (unpaired) electrons. The topological polar surface area (TPSA) is 95.1 Å². The van der Waals surface area contributed by atoms with Crippen LogP contribution >= 0.6 is 0 Å². The summed E-state index contributed by atoms with van der Waals surface area (Å²) in [5.41, 5.74) is 1.83. The Bertz CT molecular complexity index is 578. The van der Waals surface area contributed by atoms with Crippen molar-refractivity contribution in [2.24, 2.45) is 23.7 Å². The quantitative estimate of drug-likeness (QED) is 0.710. The maximum Gasteiger partial charge on any atom is 0.307 e. The molecule has 1 saturated carbocycles. The molecule has 1 fully saturated rings. The molecule has 2 aliphatic rings. The molecular formula is C14H17N3O3. The van der Waals surface area contributed by atoms with E-state index in [1.807, 2.05) is 19.1 Å². The number of hydrogen-bond acceptors (Lipinski definition) is 3. The lowest BCUT2D eigenvalue weighted by atomic mass is 9.82. The fraction of sp³-hybridized carbons (Fsp3) is 0.500. The average Bonchev–Trinajstić information content (AvgIpc) is 3.10. The van der Waals surface area contributed by atoms with Crippen molar-refractivity contribution in [3.05, 3.63) is 29.6 Å². The number of H-pyrrole nitrogens is 1. The molecule has 0 saturated heterocycles. The summed E-state index contributed by atoms with van der Waals surface area (Å²) in [7, 11) is 0. The lowest BCUT2D eigenvalue weighted by Gasteiger charge is -2.23. The standard InChI is InChI=1S/C14H17N3O3/c1-7-10(6-16-17-7)5-15-13(18)11-8-2-3-9(4-8)12(11)14(19)20/h2-3,6,8-9,11-12H,4-5H2,1H3,(H,15,18)(H,16,17)(H,19,20). The summed E-state index contributed by atoms with van der Waals surface area (Å²) in [4.78, 5) is 23.7. The Morgan fingerprint density at radius 2 is 2.10 bits per heavy atom. The number of allylic oxidation sites excluding steroid dienone is 2. The van der Waals surface area contributed by atoms with Crippen LogP contribution in [-0.4, -0.2) is 27.2 Å². The summed E-state index contributed by atoms with van der Waals surface area (Å²) < 4.78 is 0. The predicted octanol–water partition coefficient (Wildman–Crippen LogP) is 0.857. The maximum absolute atomic E-state index is 12.3. The van der Waals surface area contributed by atoms with Gasteiger partial charge in [-0.05, 0) is 25.2 Å². The van der Waals surface area contributed by atoms with Crippen LogP contribution in [0.15, 0.2) is 18.3 Å². The van der Waals surface area contributed by atoms with Crippen molar-refractivity contribution in [3.63, 3.8) is 0 Å². The number of aromatic nitrogens is 2. The average molecular weight is 275 g/mol. The van der Waals surface area contributed by atoms with E-state index >= 15 is 0 Å². The van der Waals surface area contributed by atoms with E-state index in [-0.39, 0.29) is 17.7 Å². The number of nitrogens with zero attached hydrogens (tertiary/aromatic N) is 1. The molecule has 20 heavy (non-hydrogen) atoms. The molecule has 3 N–H and O–H groups in total. The van der Waals surface area contributed by atoms with E-state index in [2.05, 4.69) is 15.5 Å². The van der Waals surface area contributed by atoms with Crippen LogP contribution in [0.25, 0.3) is 0 Å². The van der Waals surface area contributed by atoms with Gasteiger partial charge in [0.15, 0.2) is 0 Å². The molecule has 4 atom stereocenters. The third kappa shape index (κ3) is 2.01. The molecule has 1 amide bonds. The zero-order valence-electron chi connectivity index (χ0n) is 11.2. The van der Waals surface area contributed by atoms with Gasteiger partial charge < -0.3 is 10.4 Å². The van der Waals surface area contributed by atoms with Crippen LogP contribution < -0.4 is 5.32 Å². The molecule has 6 heteroatoms. The van der Waals surface area contributed by atoms with Gasteiger partial charge in [-0.25, -0.2) is 0 Å². The van der Waals surface area contributed by atoms with Crippen LogP contribution in [0.1, 0.15) is 17.7 Å². The van der Waals surface area contributed by atoms with Gasteiger partial charge >= 0.3 is 5.97 Å². The zero-order chi connectivity index (χ0) is 14.3. The van der Waals surface area contributed by atoms with Gasteiger partial charge in [0, 0.05) is 17.8 Å². The molecule has 2 aliphatic carbocycles. The van der Waals surface area contributed by atoms with Crippen molar-refractivity contribution in [1.82, 2.24) is 15.5 Å². The molecule has 1 heterocycles. The fourth-order valence-electron chi connectivity index (χ4n) is 3.37. The second-order valence-corrected chi connectivity index (χ2v) is 5.58. The van der Waals surface area contributed by atoms with E-state index in [1.165, 1.54) is 0 Å². The van der Waals surface area contributed by atoms with Crippen LogP contribution in [0.5, 0.6) is 0 Å². The van der Waals surface area contributed by atoms with E-state index in [0.717, 1.165) is 17.7 Å². The Kier molecular flexibility index (Phi) is 3.08. The van der Waals surface area contributed by atoms with Crippen LogP contribution in [0.3, 0.4) is 0 Å². The van der Waals surface area contributed by atoms with Gasteiger partial charge in [-0.1, -0.05) is 12.2 Å². The molecule has 1 aromatic heterocycles. The summed E-state index contributed by atoms with van der Waals surface area (Å²) in [5.74, 6) is -2.02. The van der Waals surface area contributed by atoms with Gasteiger partial charge in [0.05, 0.1) is 18.0 Å². The number of carbonyl (C=O) groups excluding carboxylic acids is 1. The first kappa shape index (κ1) is 12.9. The number of aromatic amines is 1. The minimum Gasteiger partial charge on any atom is -0.481 e. The van der Waals surface area contributed by atoms with E-state index in [9.17, 15) is 14.7 Å². The molecule has 0 aromatic carbocycles. The number of nitrogens with one attached hydrogen (secondary N) is 2. The van der Waals surface area contributed by atoms with Crippen molar-refractivity contribution >= 4 is 11.9 Å². The highest BCUT2D eigenvalue weighted by Gasteiger charge is 2.51. The predicted molar refractivity (Wildman–Crippen MR) is 70.5 cm³/mol. The summed E-state index contributed by atoms with van der Waals surface area (Å²) in [6.45, 7) is 2.26. The summed E-state index contributed by atoms with van der Waals surface area (Å²) in [6, 6.07) is 0. The first-order valence-electron chi connectivity index (χ1n) is 6.75. The lowest BCUT2D eigenvalue weighted by molar-refractivity contribution is -0.147. The zero-order valence-corrected chi connectivity index (χ0v) is 11.2. The van der Waals surface area contributed by atoms with Crippen molar-refractivity contribution in [3.8, 4) is 0 Å². The van der Waals surface area contributed by atoms with Gasteiger partial charge in [-0.3, -0.25) is 14.7 Å². The Balaban J connectivity index is 1.69. The smallest absolute Gasteiger partial charge is 0.307 e. The molecule has 6 nitrogen and oxygen atoms in total. The number of amides is 1. The first-order chi connectivity index (χ1) is 9.58. The molecular weight excluding hydrogens is 258 g/mol. The third-order valence-corrected chi connectivity index (χ3v) is 4.43. The Labute approximate surface area is 116 Å². The number of aliphatic carboxylic acids is 1. The van der Waals surface area contributed by atoms with E-state index in [4.69, 9.17) is 0 Å². The Hall–Kier alpha value is -2.11. The van der Waals surface area contributed by atoms with E-state index < -0.39 is 17.8 Å². The van der Waals surface area contributed by atoms with Crippen molar-refractivity contribution in [2.75, 3.05) is 0 Å². The third-order valence-electron chi connectivity index (χ3n) is 4.43. The number of hydrogen-bond donors (Lipinski definition) is 3. The van der Waals surface area contributed by atoms with Gasteiger partial charge in [0.1, 0.15) is 0 Å². The van der Waals surface area contributed by atoms with Crippen LogP contribution in [0.2, 0.25) is 0 Å². The molecule has 2 bridgehead atoms. The van der Waals surface area contributed by atoms with Crippen LogP contribution in [-0.2, 0) is 16.1 Å². The molecule has 0 spiro atoms. The number of aryl methyl sites for hydroxylation is 1. The maximum atomic E-state index is 12.3. The number of fused-ring (bicyclic) bond motifs is 2. The van der Waals surface area contributed by atoms with Gasteiger partial charge in [0.2, 0.25) is 5.91 Å². The highest BCUT2D eigenvalue weighted by Crippen LogP contribution is 2.48. The highest BCUT2D eigenvalue weighted by atomic mass is 16.4. The number of carboxylic acid groups (broad SMARTS) is 1. The summed E-state index contributed by atoms with van der Waals surface area (Å²) in [5, 5.41) is 18.9. The van der Waals surface area contributed by atoms with E-state index in [1.54, 1.807) is 6.20 Å². The van der Waals surface area contributed by atoms with Crippen molar-refractivity contribution in [2.45, 2.75) is 19.9 Å². The van der Waals surface area contributed by atoms with Crippen molar-refractivity contribution in [1.29, 1.82) is 0 Å². The molecule has 3 rings (SSSR count). The number of carbonyl (C=O) groups is 2. The lowest BCUT2D eigenvalue weighted by Crippen LogP contribution is -2.39. The van der Waals surface area contributed by atoms with Crippen LogP contribution in [0.4, 0.5) is 0 Å². The summed E-state index contributed by atoms with van der Waals surface area (Å²) in [6.07, 6.45) is 6.37. The van der Waals surface area contributed by atoms with Gasteiger partial charge in [-0.2, -0.15) is 5.10 Å². The SMILES string of the molecule is Cc1[nH]ncc1CNC(=O)C1C2C=CC(C2)C1C(=O)O. The number of carboxylic acids is 1. The monoisotopic (exact) mass is 275 g/mol. The fourth-order valence-corrected chi connectivity index (χ4v) is 3.37. The molecule has 106 valence electrons. The second kappa shape index (κ2) is 4.77. The normalized spacial score (nSPS) is 30.6. The molecule has 0 aliphatic heterocycles. The highest BCUT2D eigenvalue weighted by molar-refractivity contribution is 5.86. The molecule has 1 aromatic rings. The minimum atomic E-state index is -0.874. The van der Waals surface area contributed by atoms with E-state index in [0.29, 0.717) is 6.54 Å². The summed E-state index contributed by atoms with van der Waals surface area (Å²) >= 11 is 0. The van der Waals surface area contributed by atoms with Gasteiger partial charge in [-0.15, -0.1) is 0 Å². The van der Waals surface area contributed by atoms with Crippen LogP contribution in [0, 0.1) is 30.6 Å². The van der Waals surface area contributed by atoms with Gasteiger partial charge in [0.25, 0.3) is 0 Å². The molecule has 4 unspecified atom stereocenters. The minimum absolute atomic E-state index is 0.00362. The first-order valence-corrected chi connectivity index (χ1v) is 6.75. The Morgan fingerprint density at radius 3 is 2.70 bits per heavy atom. The number of rotatable bonds is 4.